The first-order valence-electron chi connectivity index (χ1n) is 12.1. The molecule has 0 aliphatic heterocycles. The lowest BCUT2D eigenvalue weighted by atomic mass is 9.70. The molecule has 2 aliphatic rings. The van der Waals surface area contributed by atoms with E-state index >= 15 is 0 Å². The summed E-state index contributed by atoms with van der Waals surface area (Å²) >= 11 is 3.96. The number of para-hydroxylation sites is 1. The number of rotatable bonds is 2. The molecule has 0 saturated carbocycles. The smallest absolute Gasteiger partial charge is 0.0461 e. The Bertz CT molecular complexity index is 1800. The van der Waals surface area contributed by atoms with Crippen LogP contribution in [0.15, 0.2) is 103 Å². The maximum absolute atomic E-state index is 3.96. The minimum absolute atomic E-state index is 0.126. The van der Waals surface area contributed by atoms with Crippen LogP contribution in [0.1, 0.15) is 25.1 Å². The number of hydrogen-bond donors (Lipinski definition) is 1. The zero-order valence-corrected chi connectivity index (χ0v) is 21.3. The van der Waals surface area contributed by atoms with E-state index in [-0.39, 0.29) is 5.41 Å². The van der Waals surface area contributed by atoms with Gasteiger partial charge in [0.1, 0.15) is 0 Å². The van der Waals surface area contributed by atoms with Crippen LogP contribution >= 0.6 is 15.9 Å². The highest BCUT2D eigenvalue weighted by Gasteiger charge is 2.39. The Labute approximate surface area is 213 Å². The van der Waals surface area contributed by atoms with Gasteiger partial charge in [0.05, 0.1) is 0 Å². The van der Waals surface area contributed by atoms with Gasteiger partial charge in [0.2, 0.25) is 0 Å². The van der Waals surface area contributed by atoms with Crippen LogP contribution in [0.4, 0.5) is 0 Å². The topological polar surface area (TPSA) is 15.8 Å². The normalized spacial score (nSPS) is 15.6. The highest BCUT2D eigenvalue weighted by atomic mass is 79.9. The molecule has 0 amide bonds. The largest absolute Gasteiger partial charge is 0.355 e. The van der Waals surface area contributed by atoms with Crippen molar-refractivity contribution in [2.24, 2.45) is 0 Å². The van der Waals surface area contributed by atoms with Crippen molar-refractivity contribution in [2.45, 2.75) is 19.3 Å². The number of nitrogens with one attached hydrogen (secondary N) is 1. The second kappa shape index (κ2) is 7.44. The average molecular weight is 514 g/mol. The second-order valence-corrected chi connectivity index (χ2v) is 10.8. The van der Waals surface area contributed by atoms with Crippen LogP contribution in [0.3, 0.4) is 0 Å². The fraction of sp³-hybridized carbons (Fsp3) is 0.0909. The van der Waals surface area contributed by atoms with E-state index in [1.165, 1.54) is 70.5 Å². The van der Waals surface area contributed by atoms with Gasteiger partial charge in [-0.2, -0.15) is 0 Å². The number of aromatic nitrogens is 1. The van der Waals surface area contributed by atoms with Crippen LogP contribution in [0.5, 0.6) is 0 Å². The predicted octanol–water partition coefficient (Wildman–Crippen LogP) is 7.54. The van der Waals surface area contributed by atoms with Crippen molar-refractivity contribution >= 4 is 43.0 Å². The number of H-pyrrole nitrogens is 1. The molecule has 0 atom stereocenters. The molecule has 0 fully saturated rings. The lowest BCUT2D eigenvalue weighted by Gasteiger charge is -2.33. The lowest BCUT2D eigenvalue weighted by Crippen LogP contribution is -2.31. The van der Waals surface area contributed by atoms with E-state index in [9.17, 15) is 0 Å². The average Bonchev–Trinajstić information content (AvgIpc) is 3.41. The Morgan fingerprint density at radius 1 is 0.657 bits per heavy atom. The first-order valence-corrected chi connectivity index (χ1v) is 12.9. The van der Waals surface area contributed by atoms with Gasteiger partial charge in [-0.05, 0) is 83.5 Å². The SMILES string of the molecule is CC1(C)C2=c3cc(-c4ccc(-c5ccccc5)cc4)ccc3=C(Br)C2=Cc2[nH]c3ccccc3c21. The van der Waals surface area contributed by atoms with Gasteiger partial charge < -0.3 is 4.98 Å². The maximum atomic E-state index is 3.96. The van der Waals surface area contributed by atoms with Gasteiger partial charge >= 0.3 is 0 Å². The molecular weight excluding hydrogens is 490 g/mol. The zero-order chi connectivity index (χ0) is 23.7. The number of allylic oxidation sites excluding steroid dienone is 1. The summed E-state index contributed by atoms with van der Waals surface area (Å²) in [5.41, 5.74) is 11.3. The van der Waals surface area contributed by atoms with Crippen LogP contribution in [-0.2, 0) is 5.41 Å². The summed E-state index contributed by atoms with van der Waals surface area (Å²) < 4.78 is 1.19. The fourth-order valence-corrected chi connectivity index (χ4v) is 6.69. The molecule has 4 aromatic carbocycles. The van der Waals surface area contributed by atoms with Crippen molar-refractivity contribution in [3.8, 4) is 22.3 Å². The van der Waals surface area contributed by atoms with Crippen molar-refractivity contribution < 1.29 is 0 Å². The molecule has 0 spiro atoms. The molecule has 1 nitrogen and oxygen atoms in total. The predicted molar refractivity (Wildman–Crippen MR) is 152 cm³/mol. The van der Waals surface area contributed by atoms with Gasteiger partial charge in [0.25, 0.3) is 0 Å². The van der Waals surface area contributed by atoms with E-state index in [2.05, 4.69) is 138 Å². The molecule has 1 heterocycles. The first kappa shape index (κ1) is 20.7. The van der Waals surface area contributed by atoms with Crippen molar-refractivity contribution in [1.29, 1.82) is 0 Å². The molecule has 168 valence electrons. The van der Waals surface area contributed by atoms with Gasteiger partial charge in [0, 0.05) is 26.5 Å². The van der Waals surface area contributed by atoms with E-state index in [4.69, 9.17) is 0 Å². The molecule has 5 aromatic rings. The van der Waals surface area contributed by atoms with E-state index < -0.39 is 0 Å². The molecular formula is C33H24BrN. The first-order chi connectivity index (χ1) is 17.0. The summed E-state index contributed by atoms with van der Waals surface area (Å²) in [5.74, 6) is 0. The summed E-state index contributed by atoms with van der Waals surface area (Å²) in [6.45, 7) is 4.73. The minimum atomic E-state index is -0.126. The van der Waals surface area contributed by atoms with E-state index in [1.54, 1.807) is 0 Å². The molecule has 1 aromatic heterocycles. The zero-order valence-electron chi connectivity index (χ0n) is 19.7. The Balaban J connectivity index is 1.41. The Hall–Kier alpha value is -3.62. The summed E-state index contributed by atoms with van der Waals surface area (Å²) in [5, 5.41) is 3.92. The Morgan fingerprint density at radius 3 is 2.06 bits per heavy atom. The van der Waals surface area contributed by atoms with Crippen LogP contribution in [-0.4, -0.2) is 4.98 Å². The Morgan fingerprint density at radius 2 is 1.29 bits per heavy atom. The monoisotopic (exact) mass is 513 g/mol. The Kier molecular flexibility index (Phi) is 4.40. The second-order valence-electron chi connectivity index (χ2n) is 10.0. The lowest BCUT2D eigenvalue weighted by molar-refractivity contribution is 0.691. The fourth-order valence-electron chi connectivity index (χ4n) is 6.03. The quantitative estimate of drug-likeness (QED) is 0.251. The highest BCUT2D eigenvalue weighted by molar-refractivity contribution is 9.15. The van der Waals surface area contributed by atoms with Gasteiger partial charge in [-0.3, -0.25) is 0 Å². The number of hydrogen-bond acceptors (Lipinski definition) is 0. The molecule has 35 heavy (non-hydrogen) atoms. The maximum Gasteiger partial charge on any atom is 0.0461 e. The third kappa shape index (κ3) is 3.00. The molecule has 2 heteroatoms. The molecule has 0 saturated heterocycles. The van der Waals surface area contributed by atoms with Gasteiger partial charge in [0.15, 0.2) is 0 Å². The third-order valence-corrected chi connectivity index (χ3v) is 8.48. The van der Waals surface area contributed by atoms with Gasteiger partial charge in [-0.15, -0.1) is 0 Å². The standard InChI is InChI=1S/C33H24BrN/c1-33(2)30-26-18-23(22-14-12-21(13-15-22)20-8-4-3-5-9-20)16-17-24(26)32(34)27(30)19-29-31(33)25-10-6-7-11-28(25)35-29/h3-19,35H,1-2H3. The van der Waals surface area contributed by atoms with Crippen LogP contribution in [0.25, 0.3) is 49.3 Å². The number of benzene rings is 4. The van der Waals surface area contributed by atoms with Crippen molar-refractivity contribution in [3.05, 3.63) is 124 Å². The molecule has 0 bridgehead atoms. The van der Waals surface area contributed by atoms with E-state index in [0.717, 1.165) is 0 Å². The van der Waals surface area contributed by atoms with E-state index in [1.807, 2.05) is 0 Å². The molecule has 7 rings (SSSR count). The van der Waals surface area contributed by atoms with Crippen molar-refractivity contribution in [1.82, 2.24) is 4.98 Å². The van der Waals surface area contributed by atoms with Crippen LogP contribution < -0.4 is 10.4 Å². The molecule has 2 aliphatic carbocycles. The number of aromatic amines is 1. The summed E-state index contributed by atoms with van der Waals surface area (Å²) in [6, 6.07) is 35.0. The summed E-state index contributed by atoms with van der Waals surface area (Å²) in [7, 11) is 0. The summed E-state index contributed by atoms with van der Waals surface area (Å²) in [4.78, 5) is 3.66. The van der Waals surface area contributed by atoms with E-state index in [0.29, 0.717) is 0 Å². The van der Waals surface area contributed by atoms with Crippen LogP contribution in [0, 0.1) is 0 Å². The van der Waals surface area contributed by atoms with Crippen LogP contribution in [0.2, 0.25) is 0 Å². The summed E-state index contributed by atoms with van der Waals surface area (Å²) in [6.07, 6.45) is 2.33. The number of halogens is 1. The third-order valence-electron chi connectivity index (χ3n) is 7.63. The van der Waals surface area contributed by atoms with Gasteiger partial charge in [-0.25, -0.2) is 0 Å². The molecule has 1 N–H and O–H groups in total. The van der Waals surface area contributed by atoms with Gasteiger partial charge in [-0.1, -0.05) is 98.8 Å². The van der Waals surface area contributed by atoms with Crippen molar-refractivity contribution in [2.75, 3.05) is 0 Å². The molecule has 0 radical (unpaired) electrons. The van der Waals surface area contributed by atoms with Crippen molar-refractivity contribution in [3.63, 3.8) is 0 Å². The molecule has 0 unspecified atom stereocenters. The number of fused-ring (bicyclic) bond motifs is 5. The highest BCUT2D eigenvalue weighted by Crippen LogP contribution is 2.50. The minimum Gasteiger partial charge on any atom is -0.355 e.